The highest BCUT2D eigenvalue weighted by atomic mass is 32.2. The predicted octanol–water partition coefficient (Wildman–Crippen LogP) is 1.98. The molecule has 3 N–H and O–H groups in total. The van der Waals surface area contributed by atoms with Gasteiger partial charge in [0.2, 0.25) is 0 Å². The van der Waals surface area contributed by atoms with Crippen LogP contribution in [0.1, 0.15) is 22.3 Å². The molecule has 0 aliphatic carbocycles. The Bertz CT molecular complexity index is 501. The quantitative estimate of drug-likeness (QED) is 0.751. The monoisotopic (exact) mass is 308 g/mol. The molecule has 0 aromatic heterocycles. The Hall–Kier alpha value is -1.69. The highest BCUT2D eigenvalue weighted by molar-refractivity contribution is 7.99. The molecule has 1 heterocycles. The van der Waals surface area contributed by atoms with Crippen molar-refractivity contribution in [3.8, 4) is 0 Å². The van der Waals surface area contributed by atoms with Crippen molar-refractivity contribution in [3.05, 3.63) is 35.4 Å². The van der Waals surface area contributed by atoms with Crippen LogP contribution in [-0.2, 0) is 6.42 Å². The van der Waals surface area contributed by atoms with Gasteiger partial charge in [-0.2, -0.15) is 11.8 Å². The Labute approximate surface area is 128 Å². The van der Waals surface area contributed by atoms with E-state index in [1.807, 2.05) is 11.8 Å². The van der Waals surface area contributed by atoms with Crippen LogP contribution in [0, 0.1) is 5.92 Å². The van der Waals surface area contributed by atoms with Crippen molar-refractivity contribution < 1.29 is 14.7 Å². The zero-order chi connectivity index (χ0) is 15.1. The van der Waals surface area contributed by atoms with E-state index in [4.69, 9.17) is 5.11 Å². The van der Waals surface area contributed by atoms with Gasteiger partial charge in [-0.3, -0.25) is 0 Å². The van der Waals surface area contributed by atoms with Gasteiger partial charge in [-0.05, 0) is 41.9 Å². The second-order valence-corrected chi connectivity index (χ2v) is 6.23. The SMILES string of the molecule is O=C(NCCc1ccccc1C(=O)O)NCC1CCSC1. The third kappa shape index (κ3) is 4.97. The lowest BCUT2D eigenvalue weighted by Gasteiger charge is -2.11. The highest BCUT2D eigenvalue weighted by Crippen LogP contribution is 2.22. The van der Waals surface area contributed by atoms with Crippen LogP contribution in [0.15, 0.2) is 24.3 Å². The fourth-order valence-corrected chi connectivity index (χ4v) is 3.59. The summed E-state index contributed by atoms with van der Waals surface area (Å²) in [6.45, 7) is 1.14. The molecule has 5 nitrogen and oxygen atoms in total. The van der Waals surface area contributed by atoms with Crippen molar-refractivity contribution >= 4 is 23.8 Å². The van der Waals surface area contributed by atoms with E-state index in [0.717, 1.165) is 17.7 Å². The van der Waals surface area contributed by atoms with E-state index in [0.29, 0.717) is 31.0 Å². The molecule has 1 aliphatic heterocycles. The number of amides is 2. The average molecular weight is 308 g/mol. The average Bonchev–Trinajstić information content (AvgIpc) is 2.99. The first kappa shape index (κ1) is 15.7. The molecule has 2 amide bonds. The number of thioether (sulfide) groups is 1. The van der Waals surface area contributed by atoms with Gasteiger partial charge in [-0.15, -0.1) is 0 Å². The molecule has 114 valence electrons. The van der Waals surface area contributed by atoms with Crippen LogP contribution >= 0.6 is 11.8 Å². The van der Waals surface area contributed by atoms with Crippen LogP contribution in [0.2, 0.25) is 0 Å². The van der Waals surface area contributed by atoms with Gasteiger partial charge >= 0.3 is 12.0 Å². The molecule has 1 atom stereocenters. The van der Waals surface area contributed by atoms with Crippen LogP contribution in [0.3, 0.4) is 0 Å². The van der Waals surface area contributed by atoms with Gasteiger partial charge in [0.25, 0.3) is 0 Å². The molecule has 1 fully saturated rings. The molecule has 1 aromatic rings. The number of urea groups is 1. The second kappa shape index (κ2) is 7.93. The zero-order valence-electron chi connectivity index (χ0n) is 11.8. The lowest BCUT2D eigenvalue weighted by Crippen LogP contribution is -2.39. The van der Waals surface area contributed by atoms with Gasteiger partial charge in [-0.1, -0.05) is 18.2 Å². The number of aromatic carboxylic acids is 1. The van der Waals surface area contributed by atoms with Gasteiger partial charge in [0.05, 0.1) is 5.56 Å². The lowest BCUT2D eigenvalue weighted by molar-refractivity contribution is 0.0695. The van der Waals surface area contributed by atoms with Crippen molar-refractivity contribution in [1.29, 1.82) is 0 Å². The molecule has 1 aliphatic rings. The minimum absolute atomic E-state index is 0.181. The van der Waals surface area contributed by atoms with Gasteiger partial charge in [-0.25, -0.2) is 9.59 Å². The Morgan fingerprint density at radius 2 is 2.10 bits per heavy atom. The number of carboxylic acids is 1. The normalized spacial score (nSPS) is 17.4. The first-order chi connectivity index (χ1) is 10.2. The highest BCUT2D eigenvalue weighted by Gasteiger charge is 2.16. The predicted molar refractivity (Wildman–Crippen MR) is 83.9 cm³/mol. The van der Waals surface area contributed by atoms with Gasteiger partial charge in [0.1, 0.15) is 0 Å². The summed E-state index contributed by atoms with van der Waals surface area (Å²) in [6, 6.07) is 6.68. The summed E-state index contributed by atoms with van der Waals surface area (Å²) in [5, 5.41) is 14.7. The van der Waals surface area contributed by atoms with Gasteiger partial charge in [0.15, 0.2) is 0 Å². The van der Waals surface area contributed by atoms with E-state index < -0.39 is 5.97 Å². The molecule has 21 heavy (non-hydrogen) atoms. The third-order valence-electron chi connectivity index (χ3n) is 3.50. The largest absolute Gasteiger partial charge is 0.478 e. The number of carbonyl (C=O) groups is 2. The van der Waals surface area contributed by atoms with Crippen LogP contribution in [0.4, 0.5) is 4.79 Å². The Kier molecular flexibility index (Phi) is 5.92. The Morgan fingerprint density at radius 1 is 1.29 bits per heavy atom. The maximum absolute atomic E-state index is 11.7. The van der Waals surface area contributed by atoms with Gasteiger partial charge in [0, 0.05) is 13.1 Å². The molecule has 1 unspecified atom stereocenters. The van der Waals surface area contributed by atoms with Crippen molar-refractivity contribution in [3.63, 3.8) is 0 Å². The van der Waals surface area contributed by atoms with Crippen molar-refractivity contribution in [2.24, 2.45) is 5.92 Å². The van der Waals surface area contributed by atoms with Crippen molar-refractivity contribution in [1.82, 2.24) is 10.6 Å². The minimum Gasteiger partial charge on any atom is -0.478 e. The van der Waals surface area contributed by atoms with Gasteiger partial charge < -0.3 is 15.7 Å². The summed E-state index contributed by atoms with van der Waals surface area (Å²) in [5.41, 5.74) is 1.03. The Morgan fingerprint density at radius 3 is 2.81 bits per heavy atom. The summed E-state index contributed by atoms with van der Waals surface area (Å²) >= 11 is 1.93. The van der Waals surface area contributed by atoms with E-state index in [1.54, 1.807) is 24.3 Å². The van der Waals surface area contributed by atoms with Crippen molar-refractivity contribution in [2.75, 3.05) is 24.6 Å². The van der Waals surface area contributed by atoms with E-state index >= 15 is 0 Å². The lowest BCUT2D eigenvalue weighted by atomic mass is 10.0. The summed E-state index contributed by atoms with van der Waals surface area (Å²) in [7, 11) is 0. The maximum Gasteiger partial charge on any atom is 0.335 e. The minimum atomic E-state index is -0.936. The molecule has 1 aromatic carbocycles. The molecule has 0 bridgehead atoms. The number of carbonyl (C=O) groups excluding carboxylic acids is 1. The van der Waals surface area contributed by atoms with E-state index in [2.05, 4.69) is 10.6 Å². The molecule has 2 rings (SSSR count). The number of hydrogen-bond donors (Lipinski definition) is 3. The number of nitrogens with one attached hydrogen (secondary N) is 2. The zero-order valence-corrected chi connectivity index (χ0v) is 12.6. The smallest absolute Gasteiger partial charge is 0.335 e. The maximum atomic E-state index is 11.7. The topological polar surface area (TPSA) is 78.4 Å². The molecular weight excluding hydrogens is 288 g/mol. The first-order valence-electron chi connectivity index (χ1n) is 7.07. The number of rotatable bonds is 6. The molecule has 6 heteroatoms. The fraction of sp³-hybridized carbons (Fsp3) is 0.467. The fourth-order valence-electron chi connectivity index (χ4n) is 2.30. The third-order valence-corrected chi connectivity index (χ3v) is 4.73. The van der Waals surface area contributed by atoms with Crippen LogP contribution < -0.4 is 10.6 Å². The summed E-state index contributed by atoms with van der Waals surface area (Å²) < 4.78 is 0. The van der Waals surface area contributed by atoms with Crippen LogP contribution in [0.5, 0.6) is 0 Å². The molecule has 1 saturated heterocycles. The van der Waals surface area contributed by atoms with Crippen molar-refractivity contribution in [2.45, 2.75) is 12.8 Å². The molecule has 0 radical (unpaired) electrons. The summed E-state index contributed by atoms with van der Waals surface area (Å²) in [6.07, 6.45) is 1.67. The second-order valence-electron chi connectivity index (χ2n) is 5.08. The summed E-state index contributed by atoms with van der Waals surface area (Å²) in [4.78, 5) is 22.7. The number of hydrogen-bond acceptors (Lipinski definition) is 3. The number of benzene rings is 1. The van der Waals surface area contributed by atoms with E-state index in [9.17, 15) is 9.59 Å². The standard InChI is InChI=1S/C15H20N2O3S/c18-14(19)13-4-2-1-3-12(13)5-7-16-15(20)17-9-11-6-8-21-10-11/h1-4,11H,5-10H2,(H,18,19)(H2,16,17,20). The Balaban J connectivity index is 1.71. The molecule has 0 spiro atoms. The number of carboxylic acid groups (broad SMARTS) is 1. The first-order valence-corrected chi connectivity index (χ1v) is 8.23. The van der Waals surface area contributed by atoms with Crippen LogP contribution in [0.25, 0.3) is 0 Å². The van der Waals surface area contributed by atoms with E-state index in [-0.39, 0.29) is 6.03 Å². The molecular formula is C15H20N2O3S. The van der Waals surface area contributed by atoms with E-state index in [1.165, 1.54) is 5.75 Å². The van der Waals surface area contributed by atoms with Crippen LogP contribution in [-0.4, -0.2) is 41.7 Å². The molecule has 0 saturated carbocycles. The summed E-state index contributed by atoms with van der Waals surface area (Å²) in [5.74, 6) is 1.94.